The zero-order valence-corrected chi connectivity index (χ0v) is 11.9. The molecule has 1 aliphatic rings. The number of carboxylic acid groups (broad SMARTS) is 1. The molecule has 8 heteroatoms. The van der Waals surface area contributed by atoms with Gasteiger partial charge in [-0.1, -0.05) is 11.3 Å². The van der Waals surface area contributed by atoms with Gasteiger partial charge in [-0.25, -0.2) is 0 Å². The van der Waals surface area contributed by atoms with E-state index in [4.69, 9.17) is 9.84 Å². The van der Waals surface area contributed by atoms with Crippen molar-refractivity contribution < 1.29 is 19.4 Å². The maximum Gasteiger partial charge on any atom is 0.307 e. The molecule has 1 amide bonds. The number of ether oxygens (including phenoxy) is 1. The second-order valence-electron chi connectivity index (χ2n) is 4.66. The van der Waals surface area contributed by atoms with Gasteiger partial charge in [0.15, 0.2) is 0 Å². The van der Waals surface area contributed by atoms with Crippen molar-refractivity contribution in [2.45, 2.75) is 26.0 Å². The van der Waals surface area contributed by atoms with E-state index in [0.29, 0.717) is 13.2 Å². The Kier molecular flexibility index (Phi) is 4.56. The Morgan fingerprint density at radius 3 is 2.90 bits per heavy atom. The van der Waals surface area contributed by atoms with E-state index in [2.05, 4.69) is 0 Å². The number of rotatable bonds is 4. The van der Waals surface area contributed by atoms with Gasteiger partial charge in [0.05, 0.1) is 19.1 Å². The molecule has 0 spiro atoms. The molecule has 0 bridgehead atoms. The first-order valence-corrected chi connectivity index (χ1v) is 7.11. The fourth-order valence-corrected chi connectivity index (χ4v) is 2.83. The van der Waals surface area contributed by atoms with Crippen LogP contribution in [0.15, 0.2) is 10.2 Å². The molecule has 1 atom stereocenters. The number of thiazole rings is 1. The molecule has 20 heavy (non-hydrogen) atoms. The van der Waals surface area contributed by atoms with Crippen molar-refractivity contribution in [2.24, 2.45) is 0 Å². The van der Waals surface area contributed by atoms with Crippen molar-refractivity contribution in [3.63, 3.8) is 0 Å². The molecule has 7 nitrogen and oxygen atoms in total. The number of aromatic nitrogens is 1. The number of amides is 1. The van der Waals surface area contributed by atoms with Crippen molar-refractivity contribution >= 4 is 23.2 Å². The first-order valence-electron chi connectivity index (χ1n) is 6.23. The van der Waals surface area contributed by atoms with E-state index >= 15 is 0 Å². The van der Waals surface area contributed by atoms with Crippen LogP contribution in [-0.4, -0.2) is 52.3 Å². The maximum absolute atomic E-state index is 12.2. The minimum absolute atomic E-state index is 0.00599. The second-order valence-corrected chi connectivity index (χ2v) is 5.48. The molecule has 1 N–H and O–H groups in total. The van der Waals surface area contributed by atoms with Crippen LogP contribution in [0.25, 0.3) is 0 Å². The van der Waals surface area contributed by atoms with Crippen LogP contribution >= 0.6 is 11.3 Å². The van der Waals surface area contributed by atoms with E-state index < -0.39 is 12.1 Å². The third-order valence-electron chi connectivity index (χ3n) is 3.16. The largest absolute Gasteiger partial charge is 0.481 e. The normalized spacial score (nSPS) is 19.1. The number of carbonyl (C=O) groups excluding carboxylic acids is 1. The number of nitrogens with zero attached hydrogens (tertiary/aromatic N) is 2. The van der Waals surface area contributed by atoms with E-state index in [1.807, 2.05) is 0 Å². The van der Waals surface area contributed by atoms with Gasteiger partial charge in [-0.2, -0.15) is 0 Å². The number of hydrogen-bond donors (Lipinski definition) is 1. The van der Waals surface area contributed by atoms with Gasteiger partial charge in [0.1, 0.15) is 6.54 Å². The van der Waals surface area contributed by atoms with E-state index in [9.17, 15) is 14.4 Å². The minimum atomic E-state index is -0.950. The second kappa shape index (κ2) is 6.19. The highest BCUT2D eigenvalue weighted by atomic mass is 32.1. The monoisotopic (exact) mass is 300 g/mol. The lowest BCUT2D eigenvalue weighted by Gasteiger charge is -2.32. The summed E-state index contributed by atoms with van der Waals surface area (Å²) in [5.41, 5.74) is 0.753. The average Bonchev–Trinajstić information content (AvgIpc) is 2.70. The molecular weight excluding hydrogens is 284 g/mol. The number of carbonyl (C=O) groups is 2. The van der Waals surface area contributed by atoms with Crippen molar-refractivity contribution in [1.82, 2.24) is 9.47 Å². The Balaban J connectivity index is 1.99. The summed E-state index contributed by atoms with van der Waals surface area (Å²) in [6.07, 6.45) is -0.605. The van der Waals surface area contributed by atoms with Gasteiger partial charge >= 0.3 is 10.8 Å². The molecule has 1 saturated heterocycles. The number of aliphatic carboxylic acids is 1. The smallest absolute Gasteiger partial charge is 0.307 e. The van der Waals surface area contributed by atoms with Crippen LogP contribution in [-0.2, 0) is 20.9 Å². The average molecular weight is 300 g/mol. The summed E-state index contributed by atoms with van der Waals surface area (Å²) in [5.74, 6) is -1.14. The van der Waals surface area contributed by atoms with Gasteiger partial charge < -0.3 is 14.7 Å². The number of morpholine rings is 1. The lowest BCUT2D eigenvalue weighted by molar-refractivity contribution is -0.148. The molecular formula is C12H16N2O5S. The van der Waals surface area contributed by atoms with Gasteiger partial charge in [0, 0.05) is 24.2 Å². The molecule has 1 unspecified atom stereocenters. The van der Waals surface area contributed by atoms with E-state index in [1.54, 1.807) is 17.2 Å². The maximum atomic E-state index is 12.2. The standard InChI is InChI=1S/C12H16N2O5S/c1-8-7-20-12(18)14(8)6-10(15)13-2-3-19-9(5-13)4-11(16)17/h7,9H,2-6H2,1H3,(H,16,17). The third-order valence-corrected chi connectivity index (χ3v) is 4.04. The van der Waals surface area contributed by atoms with Crippen LogP contribution in [0.1, 0.15) is 12.1 Å². The minimum Gasteiger partial charge on any atom is -0.481 e. The molecule has 0 radical (unpaired) electrons. The summed E-state index contributed by atoms with van der Waals surface area (Å²) in [6.45, 7) is 2.77. The predicted molar refractivity (Wildman–Crippen MR) is 71.9 cm³/mol. The molecule has 2 rings (SSSR count). The van der Waals surface area contributed by atoms with Crippen LogP contribution < -0.4 is 4.87 Å². The highest BCUT2D eigenvalue weighted by Crippen LogP contribution is 2.10. The zero-order valence-electron chi connectivity index (χ0n) is 11.1. The lowest BCUT2D eigenvalue weighted by atomic mass is 10.2. The van der Waals surface area contributed by atoms with Crippen molar-refractivity contribution in [1.29, 1.82) is 0 Å². The van der Waals surface area contributed by atoms with E-state index in [1.165, 1.54) is 4.57 Å². The Morgan fingerprint density at radius 2 is 2.30 bits per heavy atom. The topological polar surface area (TPSA) is 88.8 Å². The zero-order chi connectivity index (χ0) is 14.7. The van der Waals surface area contributed by atoms with Gasteiger partial charge in [-0.15, -0.1) is 0 Å². The summed E-state index contributed by atoms with van der Waals surface area (Å²) in [7, 11) is 0. The molecule has 0 saturated carbocycles. The Hall–Kier alpha value is -1.67. The SMILES string of the molecule is Cc1csc(=O)n1CC(=O)N1CCOC(CC(=O)O)C1. The highest BCUT2D eigenvalue weighted by Gasteiger charge is 2.26. The quantitative estimate of drug-likeness (QED) is 0.840. The molecule has 2 heterocycles. The number of carboxylic acids is 1. The van der Waals surface area contributed by atoms with Gasteiger partial charge in [0.25, 0.3) is 0 Å². The molecule has 1 aromatic heterocycles. The van der Waals surface area contributed by atoms with E-state index in [0.717, 1.165) is 17.0 Å². The first kappa shape index (κ1) is 14.7. The Labute approximate surface area is 119 Å². The van der Waals surface area contributed by atoms with Gasteiger partial charge in [0.2, 0.25) is 5.91 Å². The van der Waals surface area contributed by atoms with Crippen LogP contribution in [0.4, 0.5) is 0 Å². The third kappa shape index (κ3) is 3.45. The predicted octanol–water partition coefficient (Wildman–Crippen LogP) is -0.0797. The summed E-state index contributed by atoms with van der Waals surface area (Å²) in [6, 6.07) is 0. The lowest BCUT2D eigenvalue weighted by Crippen LogP contribution is -2.47. The van der Waals surface area contributed by atoms with Crippen LogP contribution in [0.2, 0.25) is 0 Å². The van der Waals surface area contributed by atoms with Gasteiger partial charge in [-0.05, 0) is 6.92 Å². The van der Waals surface area contributed by atoms with Gasteiger partial charge in [-0.3, -0.25) is 19.0 Å². The molecule has 1 aliphatic heterocycles. The van der Waals surface area contributed by atoms with Crippen LogP contribution in [0.3, 0.4) is 0 Å². The molecule has 110 valence electrons. The highest BCUT2D eigenvalue weighted by molar-refractivity contribution is 7.07. The molecule has 0 aromatic carbocycles. The Morgan fingerprint density at radius 1 is 1.55 bits per heavy atom. The van der Waals surface area contributed by atoms with Crippen molar-refractivity contribution in [2.75, 3.05) is 19.7 Å². The summed E-state index contributed by atoms with van der Waals surface area (Å²) < 4.78 is 6.74. The molecule has 0 aliphatic carbocycles. The van der Waals surface area contributed by atoms with Crippen LogP contribution in [0.5, 0.6) is 0 Å². The molecule has 1 aromatic rings. The number of aryl methyl sites for hydroxylation is 1. The fourth-order valence-electron chi connectivity index (χ4n) is 2.10. The first-order chi connectivity index (χ1) is 9.47. The summed E-state index contributed by atoms with van der Waals surface area (Å²) in [4.78, 5) is 35.8. The number of hydrogen-bond acceptors (Lipinski definition) is 5. The van der Waals surface area contributed by atoms with Crippen LogP contribution in [0, 0.1) is 6.92 Å². The summed E-state index contributed by atoms with van der Waals surface area (Å²) >= 11 is 1.06. The molecule has 1 fully saturated rings. The summed E-state index contributed by atoms with van der Waals surface area (Å²) in [5, 5.41) is 10.5. The van der Waals surface area contributed by atoms with Crippen molar-refractivity contribution in [3.05, 3.63) is 20.7 Å². The fraction of sp³-hybridized carbons (Fsp3) is 0.583. The Bertz CT molecular complexity index is 564. The van der Waals surface area contributed by atoms with E-state index in [-0.39, 0.29) is 30.3 Å². The van der Waals surface area contributed by atoms with Crippen molar-refractivity contribution in [3.8, 4) is 0 Å².